The Kier molecular flexibility index (Phi) is 5.26. The van der Waals surface area contributed by atoms with Gasteiger partial charge in [0.1, 0.15) is 23.7 Å². The first-order valence-corrected chi connectivity index (χ1v) is 10.0. The molecule has 0 fully saturated rings. The molecule has 4 heterocycles. The molecule has 8 heteroatoms. The summed E-state index contributed by atoms with van der Waals surface area (Å²) in [4.78, 5) is 24.2. The van der Waals surface area contributed by atoms with Crippen LogP contribution in [0.5, 0.6) is 5.75 Å². The van der Waals surface area contributed by atoms with Crippen molar-refractivity contribution in [1.82, 2.24) is 28.9 Å². The molecule has 30 heavy (non-hydrogen) atoms. The summed E-state index contributed by atoms with van der Waals surface area (Å²) in [5.41, 5.74) is 5.31. The number of hydrogen-bond donors (Lipinski definition) is 0. The molecule has 0 atom stereocenters. The van der Waals surface area contributed by atoms with E-state index >= 15 is 0 Å². The Morgan fingerprint density at radius 1 is 1.07 bits per heavy atom. The normalized spacial score (nSPS) is 11.7. The first-order chi connectivity index (χ1) is 14.4. The van der Waals surface area contributed by atoms with Crippen LogP contribution in [0.25, 0.3) is 22.6 Å². The lowest BCUT2D eigenvalue weighted by Crippen LogP contribution is -2.20. The minimum atomic E-state index is -0.168. The maximum absolute atomic E-state index is 12.9. The van der Waals surface area contributed by atoms with Crippen LogP contribution in [-0.4, -0.2) is 56.1 Å². The zero-order valence-electron chi connectivity index (χ0n) is 18.0. The van der Waals surface area contributed by atoms with Crippen LogP contribution in [-0.2, 0) is 6.42 Å². The summed E-state index contributed by atoms with van der Waals surface area (Å²) in [6.45, 7) is 7.28. The molecule has 0 saturated carbocycles. The van der Waals surface area contributed by atoms with E-state index in [-0.39, 0.29) is 5.56 Å². The van der Waals surface area contributed by atoms with Crippen molar-refractivity contribution in [3.8, 4) is 17.1 Å². The maximum atomic E-state index is 12.9. The summed E-state index contributed by atoms with van der Waals surface area (Å²) in [7, 11) is 3.98. The van der Waals surface area contributed by atoms with E-state index in [1.165, 1.54) is 10.5 Å². The second kappa shape index (κ2) is 7.87. The zero-order valence-corrected chi connectivity index (χ0v) is 18.0. The number of rotatable bonds is 6. The molecule has 0 aromatic carbocycles. The average molecular weight is 406 g/mol. The third kappa shape index (κ3) is 3.78. The van der Waals surface area contributed by atoms with Gasteiger partial charge in [-0.2, -0.15) is 5.10 Å². The van der Waals surface area contributed by atoms with E-state index in [0.717, 1.165) is 35.4 Å². The number of ether oxygens (including phenoxy) is 1. The van der Waals surface area contributed by atoms with Gasteiger partial charge in [0.2, 0.25) is 0 Å². The smallest absolute Gasteiger partial charge is 0.258 e. The predicted octanol–water partition coefficient (Wildman–Crippen LogP) is 2.52. The molecule has 4 rings (SSSR count). The molecule has 0 aliphatic rings. The Hall–Kier alpha value is -3.26. The highest BCUT2D eigenvalue weighted by atomic mass is 16.5. The fourth-order valence-corrected chi connectivity index (χ4v) is 3.46. The minimum absolute atomic E-state index is 0.168. The third-order valence-corrected chi connectivity index (χ3v) is 4.98. The van der Waals surface area contributed by atoms with Gasteiger partial charge < -0.3 is 9.64 Å². The molecule has 0 spiro atoms. The number of pyridine rings is 1. The molecule has 8 nitrogen and oxygen atoms in total. The number of likely N-dealkylation sites (N-methyl/N-ethyl adjacent to an activating group) is 1. The van der Waals surface area contributed by atoms with Gasteiger partial charge in [0, 0.05) is 12.6 Å². The van der Waals surface area contributed by atoms with Gasteiger partial charge in [-0.1, -0.05) is 6.92 Å². The van der Waals surface area contributed by atoms with E-state index < -0.39 is 0 Å². The molecule has 0 amide bonds. The molecule has 4 aromatic heterocycles. The van der Waals surface area contributed by atoms with Gasteiger partial charge in [-0.05, 0) is 52.1 Å². The van der Waals surface area contributed by atoms with Gasteiger partial charge in [0.15, 0.2) is 0 Å². The van der Waals surface area contributed by atoms with Crippen LogP contribution in [0.4, 0.5) is 0 Å². The second-order valence-electron chi connectivity index (χ2n) is 7.73. The number of aromatic nitrogens is 5. The molecule has 0 saturated heterocycles. The summed E-state index contributed by atoms with van der Waals surface area (Å²) in [5, 5.41) is 4.64. The largest absolute Gasteiger partial charge is 0.491 e. The summed E-state index contributed by atoms with van der Waals surface area (Å²) >= 11 is 0. The highest BCUT2D eigenvalue weighted by molar-refractivity contribution is 5.67. The number of aryl methyl sites for hydroxylation is 3. The van der Waals surface area contributed by atoms with Crippen molar-refractivity contribution in [2.75, 3.05) is 27.2 Å². The Labute approximate surface area is 174 Å². The second-order valence-corrected chi connectivity index (χ2v) is 7.73. The van der Waals surface area contributed by atoms with Crippen molar-refractivity contribution in [3.05, 3.63) is 57.9 Å². The summed E-state index contributed by atoms with van der Waals surface area (Å²) < 4.78 is 9.15. The molecule has 0 unspecified atom stereocenters. The fourth-order valence-electron chi connectivity index (χ4n) is 3.46. The fraction of sp³-hybridized carbons (Fsp3) is 0.364. The molecule has 0 aliphatic heterocycles. The Morgan fingerprint density at radius 2 is 1.87 bits per heavy atom. The Morgan fingerprint density at radius 3 is 2.60 bits per heavy atom. The monoisotopic (exact) mass is 406 g/mol. The van der Waals surface area contributed by atoms with Crippen molar-refractivity contribution in [2.45, 2.75) is 27.2 Å². The third-order valence-electron chi connectivity index (χ3n) is 4.98. The molecular weight excluding hydrogens is 380 g/mol. The topological polar surface area (TPSA) is 77.0 Å². The van der Waals surface area contributed by atoms with Crippen LogP contribution in [0.1, 0.15) is 23.9 Å². The van der Waals surface area contributed by atoms with Crippen molar-refractivity contribution in [1.29, 1.82) is 0 Å². The first kappa shape index (κ1) is 20.0. The van der Waals surface area contributed by atoms with Crippen molar-refractivity contribution >= 4 is 11.2 Å². The van der Waals surface area contributed by atoms with Crippen LogP contribution >= 0.6 is 0 Å². The average Bonchev–Trinajstić information content (AvgIpc) is 3.11. The number of nitrogens with zero attached hydrogens (tertiary/aromatic N) is 6. The van der Waals surface area contributed by atoms with E-state index in [9.17, 15) is 4.79 Å². The van der Waals surface area contributed by atoms with Crippen LogP contribution in [0.15, 0.2) is 35.4 Å². The van der Waals surface area contributed by atoms with Crippen molar-refractivity contribution in [3.63, 3.8) is 0 Å². The lowest BCUT2D eigenvalue weighted by Gasteiger charge is -2.13. The summed E-state index contributed by atoms with van der Waals surface area (Å²) in [5.74, 6) is 0.653. The first-order valence-electron chi connectivity index (χ1n) is 10.0. The number of hydrogen-bond acceptors (Lipinski definition) is 6. The van der Waals surface area contributed by atoms with Crippen molar-refractivity contribution in [2.24, 2.45) is 0 Å². The van der Waals surface area contributed by atoms with Crippen molar-refractivity contribution < 1.29 is 4.74 Å². The number of fused-ring (bicyclic) bond motifs is 2. The lowest BCUT2D eigenvalue weighted by atomic mass is 10.2. The van der Waals surface area contributed by atoms with E-state index in [1.807, 2.05) is 55.7 Å². The highest BCUT2D eigenvalue weighted by Crippen LogP contribution is 2.22. The van der Waals surface area contributed by atoms with E-state index in [4.69, 9.17) is 9.72 Å². The van der Waals surface area contributed by atoms with Crippen LogP contribution in [0.3, 0.4) is 0 Å². The van der Waals surface area contributed by atoms with Gasteiger partial charge in [0.05, 0.1) is 35.0 Å². The standard InChI is InChI=1S/C22H26N6O2/c1-6-17-20-10-19(25-28(20)12-15(3)23-17)18-11-21(29)27-13-16(30-8-7-26(4)5)9-14(2)22(27)24-18/h9-13H,6-8H2,1-5H3. The zero-order chi connectivity index (χ0) is 21.4. The van der Waals surface area contributed by atoms with Gasteiger partial charge in [0.25, 0.3) is 5.56 Å². The van der Waals surface area contributed by atoms with Gasteiger partial charge in [-0.3, -0.25) is 14.2 Å². The van der Waals surface area contributed by atoms with Gasteiger partial charge in [-0.25, -0.2) is 9.50 Å². The van der Waals surface area contributed by atoms with Crippen LogP contribution < -0.4 is 10.3 Å². The lowest BCUT2D eigenvalue weighted by molar-refractivity contribution is 0.260. The molecule has 0 bridgehead atoms. The molecule has 4 aromatic rings. The SMILES string of the molecule is CCc1nc(C)cn2nc(-c3cc(=O)n4cc(OCCN(C)C)cc(C)c4n3)cc12. The van der Waals surface area contributed by atoms with Crippen LogP contribution in [0, 0.1) is 13.8 Å². The Bertz CT molecular complexity index is 1290. The summed E-state index contributed by atoms with van der Waals surface area (Å²) in [6.07, 6.45) is 4.39. The van der Waals surface area contributed by atoms with E-state index in [0.29, 0.717) is 29.4 Å². The Balaban J connectivity index is 1.77. The van der Waals surface area contributed by atoms with Crippen LogP contribution in [0.2, 0.25) is 0 Å². The predicted molar refractivity (Wildman–Crippen MR) is 116 cm³/mol. The van der Waals surface area contributed by atoms with Gasteiger partial charge >= 0.3 is 0 Å². The molecular formula is C22H26N6O2. The van der Waals surface area contributed by atoms with E-state index in [2.05, 4.69) is 17.0 Å². The quantitative estimate of drug-likeness (QED) is 0.490. The molecule has 0 N–H and O–H groups in total. The molecule has 0 radical (unpaired) electrons. The molecule has 0 aliphatic carbocycles. The maximum Gasteiger partial charge on any atom is 0.258 e. The van der Waals surface area contributed by atoms with Gasteiger partial charge in [-0.15, -0.1) is 0 Å². The molecule has 156 valence electrons. The summed E-state index contributed by atoms with van der Waals surface area (Å²) in [6, 6.07) is 5.37. The van der Waals surface area contributed by atoms with E-state index in [1.54, 1.807) is 6.20 Å². The highest BCUT2D eigenvalue weighted by Gasteiger charge is 2.14. The minimum Gasteiger partial charge on any atom is -0.491 e.